The lowest BCUT2D eigenvalue weighted by Crippen LogP contribution is -2.39. The van der Waals surface area contributed by atoms with Gasteiger partial charge in [-0.05, 0) is 32.0 Å². The van der Waals surface area contributed by atoms with Crippen LogP contribution < -0.4 is 11.1 Å². The number of amides is 1. The van der Waals surface area contributed by atoms with Crippen LogP contribution in [0.2, 0.25) is 10.0 Å². The van der Waals surface area contributed by atoms with Gasteiger partial charge in [-0.3, -0.25) is 9.69 Å². The molecule has 0 saturated heterocycles. The Hall–Kier alpha value is -0.970. The number of likely N-dealkylation sites (N-methyl/N-ethyl adjacent to an activating group) is 1. The van der Waals surface area contributed by atoms with Gasteiger partial charge in [0.15, 0.2) is 0 Å². The Labute approximate surface area is 135 Å². The average Bonchev–Trinajstić information content (AvgIpc) is 2.43. The molecule has 1 saturated carbocycles. The fraction of sp³-hybridized carbons (Fsp3) is 0.533. The maximum Gasteiger partial charge on any atom is 0.238 e. The number of carbonyl (C=O) groups is 1. The number of carbonyl (C=O) groups excluding carboxylic acids is 1. The van der Waals surface area contributed by atoms with Crippen LogP contribution in [0.25, 0.3) is 0 Å². The minimum atomic E-state index is -0.112. The quantitative estimate of drug-likeness (QED) is 0.826. The number of benzene rings is 1. The molecule has 0 aromatic heterocycles. The molecule has 6 heteroatoms. The summed E-state index contributed by atoms with van der Waals surface area (Å²) in [6.45, 7) is 0.336. The maximum absolute atomic E-state index is 12.2. The molecular formula is C15H21Cl2N3O. The highest BCUT2D eigenvalue weighted by atomic mass is 35.5. The molecule has 1 aliphatic rings. The van der Waals surface area contributed by atoms with Crippen LogP contribution in [0.1, 0.15) is 32.1 Å². The largest absolute Gasteiger partial charge is 0.397 e. The summed E-state index contributed by atoms with van der Waals surface area (Å²) in [5.74, 6) is -0.112. The summed E-state index contributed by atoms with van der Waals surface area (Å²) < 4.78 is 0. The topological polar surface area (TPSA) is 58.4 Å². The highest BCUT2D eigenvalue weighted by molar-refractivity contribution is 6.37. The Bertz CT molecular complexity index is 493. The number of rotatable bonds is 4. The van der Waals surface area contributed by atoms with Crippen molar-refractivity contribution in [3.8, 4) is 0 Å². The van der Waals surface area contributed by atoms with Gasteiger partial charge in [0.1, 0.15) is 0 Å². The third-order valence-corrected chi connectivity index (χ3v) is 4.46. The molecule has 1 fully saturated rings. The van der Waals surface area contributed by atoms with Crippen LogP contribution in [0.4, 0.5) is 11.4 Å². The van der Waals surface area contributed by atoms with Crippen LogP contribution in [0, 0.1) is 0 Å². The second-order valence-electron chi connectivity index (χ2n) is 5.61. The summed E-state index contributed by atoms with van der Waals surface area (Å²) in [5.41, 5.74) is 6.66. The van der Waals surface area contributed by atoms with Crippen LogP contribution in [0.3, 0.4) is 0 Å². The van der Waals surface area contributed by atoms with Gasteiger partial charge in [0.2, 0.25) is 5.91 Å². The van der Waals surface area contributed by atoms with Crippen LogP contribution in [-0.2, 0) is 4.79 Å². The van der Waals surface area contributed by atoms with Gasteiger partial charge >= 0.3 is 0 Å². The Morgan fingerprint density at radius 3 is 2.62 bits per heavy atom. The molecule has 0 spiro atoms. The van der Waals surface area contributed by atoms with Crippen molar-refractivity contribution in [1.29, 1.82) is 0 Å². The summed E-state index contributed by atoms with van der Waals surface area (Å²) in [4.78, 5) is 14.3. The number of nitrogens with two attached hydrogens (primary N) is 1. The van der Waals surface area contributed by atoms with Crippen LogP contribution in [0.15, 0.2) is 12.1 Å². The molecule has 3 N–H and O–H groups in total. The first-order valence-corrected chi connectivity index (χ1v) is 7.97. The van der Waals surface area contributed by atoms with Gasteiger partial charge in [-0.25, -0.2) is 0 Å². The lowest BCUT2D eigenvalue weighted by atomic mass is 9.94. The Morgan fingerprint density at radius 2 is 2.00 bits per heavy atom. The number of hydrogen-bond donors (Lipinski definition) is 2. The van der Waals surface area contributed by atoms with Crippen molar-refractivity contribution < 1.29 is 4.79 Å². The number of nitrogen functional groups attached to an aromatic ring is 1. The highest BCUT2D eigenvalue weighted by Gasteiger charge is 2.20. The van der Waals surface area contributed by atoms with E-state index in [1.807, 2.05) is 7.05 Å². The Balaban J connectivity index is 1.95. The van der Waals surface area contributed by atoms with Crippen molar-refractivity contribution in [2.45, 2.75) is 38.1 Å². The molecule has 1 aromatic carbocycles. The molecule has 1 aromatic rings. The third-order valence-electron chi connectivity index (χ3n) is 3.94. The predicted octanol–water partition coefficient (Wildman–Crippen LogP) is 3.78. The average molecular weight is 330 g/mol. The Kier molecular flexibility index (Phi) is 5.73. The molecule has 1 aliphatic carbocycles. The first-order chi connectivity index (χ1) is 9.97. The molecule has 1 amide bonds. The molecule has 0 heterocycles. The van der Waals surface area contributed by atoms with E-state index in [2.05, 4.69) is 10.2 Å². The van der Waals surface area contributed by atoms with Gasteiger partial charge in [-0.15, -0.1) is 0 Å². The SMILES string of the molecule is CN(CC(=O)Nc1c(N)cc(Cl)cc1Cl)C1CCCCC1. The van der Waals surface area contributed by atoms with E-state index in [9.17, 15) is 4.79 Å². The smallest absolute Gasteiger partial charge is 0.238 e. The van der Waals surface area contributed by atoms with Crippen molar-refractivity contribution in [3.05, 3.63) is 22.2 Å². The van der Waals surface area contributed by atoms with Crippen LogP contribution in [-0.4, -0.2) is 30.4 Å². The van der Waals surface area contributed by atoms with E-state index in [4.69, 9.17) is 28.9 Å². The van der Waals surface area contributed by atoms with Gasteiger partial charge in [0.05, 0.1) is 22.9 Å². The standard InChI is InChI=1S/C15H21Cl2N3O/c1-20(11-5-3-2-4-6-11)9-14(21)19-15-12(17)7-10(16)8-13(15)18/h7-8,11H,2-6,9,18H2,1H3,(H,19,21). The third kappa shape index (κ3) is 4.50. The Morgan fingerprint density at radius 1 is 1.33 bits per heavy atom. The molecular weight excluding hydrogens is 309 g/mol. The normalized spacial score (nSPS) is 16.2. The minimum Gasteiger partial charge on any atom is -0.397 e. The van der Waals surface area contributed by atoms with Crippen molar-refractivity contribution in [2.75, 3.05) is 24.6 Å². The first-order valence-electron chi connectivity index (χ1n) is 7.22. The zero-order valence-corrected chi connectivity index (χ0v) is 13.7. The predicted molar refractivity (Wildman–Crippen MR) is 89.0 cm³/mol. The van der Waals surface area contributed by atoms with Gasteiger partial charge in [-0.1, -0.05) is 42.5 Å². The lowest BCUT2D eigenvalue weighted by molar-refractivity contribution is -0.117. The molecule has 0 radical (unpaired) electrons. The fourth-order valence-corrected chi connectivity index (χ4v) is 3.34. The van der Waals surface area contributed by atoms with Gasteiger partial charge in [0.25, 0.3) is 0 Å². The lowest BCUT2D eigenvalue weighted by Gasteiger charge is -2.30. The second kappa shape index (κ2) is 7.34. The van der Waals surface area contributed by atoms with E-state index in [1.54, 1.807) is 12.1 Å². The molecule has 4 nitrogen and oxygen atoms in total. The minimum absolute atomic E-state index is 0.112. The molecule has 0 aliphatic heterocycles. The number of anilines is 2. The van der Waals surface area contributed by atoms with E-state index < -0.39 is 0 Å². The molecule has 2 rings (SSSR count). The van der Waals surface area contributed by atoms with Crippen molar-refractivity contribution >= 4 is 40.5 Å². The molecule has 0 bridgehead atoms. The zero-order chi connectivity index (χ0) is 15.4. The number of hydrogen-bond acceptors (Lipinski definition) is 3. The van der Waals surface area contributed by atoms with Gasteiger partial charge < -0.3 is 11.1 Å². The van der Waals surface area contributed by atoms with E-state index in [1.165, 1.54) is 19.3 Å². The summed E-state index contributed by atoms with van der Waals surface area (Å²) in [5, 5.41) is 3.59. The number of halogens is 2. The van der Waals surface area contributed by atoms with Crippen molar-refractivity contribution in [3.63, 3.8) is 0 Å². The van der Waals surface area contributed by atoms with Gasteiger partial charge in [-0.2, -0.15) is 0 Å². The highest BCUT2D eigenvalue weighted by Crippen LogP contribution is 2.32. The number of nitrogens with zero attached hydrogens (tertiary/aromatic N) is 1. The fourth-order valence-electron chi connectivity index (χ4n) is 2.78. The summed E-state index contributed by atoms with van der Waals surface area (Å²) >= 11 is 11.9. The summed E-state index contributed by atoms with van der Waals surface area (Å²) in [7, 11) is 1.99. The molecule has 21 heavy (non-hydrogen) atoms. The summed E-state index contributed by atoms with van der Waals surface area (Å²) in [6.07, 6.45) is 6.11. The maximum atomic E-state index is 12.2. The monoisotopic (exact) mass is 329 g/mol. The molecule has 0 unspecified atom stereocenters. The van der Waals surface area contributed by atoms with Crippen molar-refractivity contribution in [1.82, 2.24) is 4.90 Å². The number of nitrogens with one attached hydrogen (secondary N) is 1. The second-order valence-corrected chi connectivity index (χ2v) is 6.45. The zero-order valence-electron chi connectivity index (χ0n) is 12.2. The van der Waals surface area contributed by atoms with Crippen LogP contribution >= 0.6 is 23.2 Å². The van der Waals surface area contributed by atoms with E-state index in [-0.39, 0.29) is 5.91 Å². The van der Waals surface area contributed by atoms with E-state index in [0.717, 1.165) is 12.8 Å². The van der Waals surface area contributed by atoms with Crippen LogP contribution in [0.5, 0.6) is 0 Å². The van der Waals surface area contributed by atoms with E-state index in [0.29, 0.717) is 34.0 Å². The first kappa shape index (κ1) is 16.4. The van der Waals surface area contributed by atoms with Gasteiger partial charge in [0, 0.05) is 11.1 Å². The van der Waals surface area contributed by atoms with Crippen molar-refractivity contribution in [2.24, 2.45) is 0 Å². The van der Waals surface area contributed by atoms with E-state index >= 15 is 0 Å². The summed E-state index contributed by atoms with van der Waals surface area (Å²) in [6, 6.07) is 3.64. The molecule has 0 atom stereocenters. The molecule has 116 valence electrons.